The molecular formula is C13H17F2NO. The Morgan fingerprint density at radius 1 is 1.35 bits per heavy atom. The normalized spacial score (nSPS) is 17.1. The minimum Gasteiger partial charge on any atom is -0.379 e. The zero-order valence-electron chi connectivity index (χ0n) is 9.66. The van der Waals surface area contributed by atoms with Crippen molar-refractivity contribution < 1.29 is 13.5 Å². The number of halogens is 2. The summed E-state index contributed by atoms with van der Waals surface area (Å²) in [6, 6.07) is 2.90. The second-order valence-corrected chi connectivity index (χ2v) is 4.58. The number of ether oxygens (including phenoxy) is 1. The van der Waals surface area contributed by atoms with Crippen LogP contribution in [-0.4, -0.2) is 13.2 Å². The average molecular weight is 241 g/mol. The molecule has 0 amide bonds. The summed E-state index contributed by atoms with van der Waals surface area (Å²) >= 11 is 0. The molecule has 1 aliphatic rings. The van der Waals surface area contributed by atoms with Gasteiger partial charge in [-0.05, 0) is 18.4 Å². The predicted molar refractivity (Wildman–Crippen MR) is 61.4 cm³/mol. The first-order valence-electron chi connectivity index (χ1n) is 5.95. The molecule has 1 fully saturated rings. The van der Waals surface area contributed by atoms with E-state index in [0.717, 1.165) is 18.4 Å². The van der Waals surface area contributed by atoms with Crippen LogP contribution in [-0.2, 0) is 4.74 Å². The molecule has 0 aromatic heterocycles. The molecule has 0 heterocycles. The van der Waals surface area contributed by atoms with Crippen molar-refractivity contribution in [3.05, 3.63) is 35.4 Å². The molecule has 1 aromatic rings. The van der Waals surface area contributed by atoms with Gasteiger partial charge < -0.3 is 10.5 Å². The molecule has 2 nitrogen and oxygen atoms in total. The Morgan fingerprint density at radius 3 is 2.76 bits per heavy atom. The molecule has 1 saturated carbocycles. The number of nitrogens with two attached hydrogens (primary N) is 1. The minimum absolute atomic E-state index is 0.273. The van der Waals surface area contributed by atoms with Gasteiger partial charge in [0, 0.05) is 18.2 Å². The molecule has 2 rings (SSSR count). The van der Waals surface area contributed by atoms with Gasteiger partial charge >= 0.3 is 0 Å². The van der Waals surface area contributed by atoms with Crippen molar-refractivity contribution in [2.24, 2.45) is 11.7 Å². The van der Waals surface area contributed by atoms with E-state index in [1.807, 2.05) is 0 Å². The third-order valence-electron chi connectivity index (χ3n) is 3.03. The van der Waals surface area contributed by atoms with E-state index in [1.165, 1.54) is 25.0 Å². The van der Waals surface area contributed by atoms with Crippen LogP contribution in [0.25, 0.3) is 0 Å². The lowest BCUT2D eigenvalue weighted by Crippen LogP contribution is -2.19. The number of rotatable bonds is 6. The van der Waals surface area contributed by atoms with Crippen molar-refractivity contribution in [2.75, 3.05) is 13.2 Å². The van der Waals surface area contributed by atoms with E-state index in [1.54, 1.807) is 0 Å². The highest BCUT2D eigenvalue weighted by molar-refractivity contribution is 5.21. The summed E-state index contributed by atoms with van der Waals surface area (Å²) in [7, 11) is 0. The Hall–Kier alpha value is -1.00. The van der Waals surface area contributed by atoms with Crippen molar-refractivity contribution in [1.29, 1.82) is 0 Å². The molecule has 0 bridgehead atoms. The highest BCUT2D eigenvalue weighted by Crippen LogP contribution is 2.32. The Labute approximate surface area is 99.8 Å². The molecule has 4 heteroatoms. The van der Waals surface area contributed by atoms with E-state index in [9.17, 15) is 8.78 Å². The van der Waals surface area contributed by atoms with Crippen LogP contribution in [0.5, 0.6) is 0 Å². The zero-order valence-corrected chi connectivity index (χ0v) is 9.66. The van der Waals surface area contributed by atoms with Gasteiger partial charge in [-0.2, -0.15) is 0 Å². The average Bonchev–Trinajstić information content (AvgIpc) is 3.08. The van der Waals surface area contributed by atoms with Crippen LogP contribution in [0.3, 0.4) is 0 Å². The number of hydrogen-bond acceptors (Lipinski definition) is 2. The smallest absolute Gasteiger partial charge is 0.130 e. The summed E-state index contributed by atoms with van der Waals surface area (Å²) in [5, 5.41) is 0. The minimum atomic E-state index is -0.608. The van der Waals surface area contributed by atoms with Crippen LogP contribution < -0.4 is 5.73 Å². The molecular weight excluding hydrogens is 224 g/mol. The molecule has 0 spiro atoms. The summed E-state index contributed by atoms with van der Waals surface area (Å²) in [5.41, 5.74) is 6.09. The third-order valence-corrected chi connectivity index (χ3v) is 3.03. The lowest BCUT2D eigenvalue weighted by molar-refractivity contribution is 0.114. The van der Waals surface area contributed by atoms with Crippen molar-refractivity contribution >= 4 is 0 Å². The first-order valence-corrected chi connectivity index (χ1v) is 5.95. The van der Waals surface area contributed by atoms with Gasteiger partial charge in [0.25, 0.3) is 0 Å². The summed E-state index contributed by atoms with van der Waals surface area (Å²) in [6.07, 6.45) is 3.64. The maximum absolute atomic E-state index is 13.4. The van der Waals surface area contributed by atoms with Crippen LogP contribution in [0.1, 0.15) is 30.9 Å². The summed E-state index contributed by atoms with van der Waals surface area (Å²) in [4.78, 5) is 0. The quantitative estimate of drug-likeness (QED) is 0.777. The van der Waals surface area contributed by atoms with Gasteiger partial charge in [0.1, 0.15) is 11.6 Å². The molecule has 0 aliphatic heterocycles. The van der Waals surface area contributed by atoms with E-state index in [-0.39, 0.29) is 6.61 Å². The standard InChI is InChI=1S/C13H17F2NO/c14-10-3-4-11(12(15)7-10)13(16)8-17-6-5-9-1-2-9/h3-4,7,9,13H,1-2,5-6,8,16H2. The van der Waals surface area contributed by atoms with Gasteiger partial charge in [0.15, 0.2) is 0 Å². The second-order valence-electron chi connectivity index (χ2n) is 4.58. The number of benzene rings is 1. The van der Waals surface area contributed by atoms with Gasteiger partial charge in [-0.15, -0.1) is 0 Å². The lowest BCUT2D eigenvalue weighted by atomic mass is 10.1. The molecule has 0 saturated heterocycles. The van der Waals surface area contributed by atoms with Crippen LogP contribution in [0, 0.1) is 17.6 Å². The third kappa shape index (κ3) is 3.75. The lowest BCUT2D eigenvalue weighted by Gasteiger charge is -2.13. The SMILES string of the molecule is NC(COCCC1CC1)c1ccc(F)cc1F. The van der Waals surface area contributed by atoms with E-state index < -0.39 is 17.7 Å². The van der Waals surface area contributed by atoms with Gasteiger partial charge in [-0.1, -0.05) is 18.9 Å². The van der Waals surface area contributed by atoms with Crippen molar-refractivity contribution in [2.45, 2.75) is 25.3 Å². The fourth-order valence-electron chi connectivity index (χ4n) is 1.76. The molecule has 1 unspecified atom stereocenters. The van der Waals surface area contributed by atoms with E-state index in [0.29, 0.717) is 12.2 Å². The summed E-state index contributed by atoms with van der Waals surface area (Å²) in [6.45, 7) is 0.941. The Balaban J connectivity index is 1.78. The van der Waals surface area contributed by atoms with Crippen LogP contribution in [0.2, 0.25) is 0 Å². The topological polar surface area (TPSA) is 35.2 Å². The van der Waals surface area contributed by atoms with Gasteiger partial charge in [0.05, 0.1) is 12.6 Å². The maximum atomic E-state index is 13.4. The maximum Gasteiger partial charge on any atom is 0.130 e. The highest BCUT2D eigenvalue weighted by atomic mass is 19.1. The largest absolute Gasteiger partial charge is 0.379 e. The Morgan fingerprint density at radius 2 is 2.12 bits per heavy atom. The van der Waals surface area contributed by atoms with E-state index >= 15 is 0 Å². The van der Waals surface area contributed by atoms with Gasteiger partial charge in [0.2, 0.25) is 0 Å². The van der Waals surface area contributed by atoms with Crippen molar-refractivity contribution in [3.63, 3.8) is 0 Å². The van der Waals surface area contributed by atoms with Crippen LogP contribution in [0.15, 0.2) is 18.2 Å². The molecule has 1 aromatic carbocycles. The number of hydrogen-bond donors (Lipinski definition) is 1. The van der Waals surface area contributed by atoms with Crippen LogP contribution >= 0.6 is 0 Å². The molecule has 2 N–H and O–H groups in total. The zero-order chi connectivity index (χ0) is 12.3. The van der Waals surface area contributed by atoms with Crippen LogP contribution in [0.4, 0.5) is 8.78 Å². The van der Waals surface area contributed by atoms with E-state index in [4.69, 9.17) is 10.5 Å². The van der Waals surface area contributed by atoms with Gasteiger partial charge in [-0.3, -0.25) is 0 Å². The molecule has 94 valence electrons. The Kier molecular flexibility index (Phi) is 4.07. The fourth-order valence-corrected chi connectivity index (χ4v) is 1.76. The van der Waals surface area contributed by atoms with Crippen molar-refractivity contribution in [1.82, 2.24) is 0 Å². The molecule has 1 atom stereocenters. The predicted octanol–water partition coefficient (Wildman–Crippen LogP) is 2.78. The molecule has 17 heavy (non-hydrogen) atoms. The highest BCUT2D eigenvalue weighted by Gasteiger charge is 2.20. The van der Waals surface area contributed by atoms with E-state index in [2.05, 4.69) is 0 Å². The molecule has 1 aliphatic carbocycles. The van der Waals surface area contributed by atoms with Crippen molar-refractivity contribution in [3.8, 4) is 0 Å². The summed E-state index contributed by atoms with van der Waals surface area (Å²) in [5.74, 6) is -0.384. The Bertz CT molecular complexity index is 380. The monoisotopic (exact) mass is 241 g/mol. The second kappa shape index (κ2) is 5.56. The molecule has 0 radical (unpaired) electrons. The first kappa shape index (κ1) is 12.5. The van der Waals surface area contributed by atoms with Gasteiger partial charge in [-0.25, -0.2) is 8.78 Å². The fraction of sp³-hybridized carbons (Fsp3) is 0.538. The first-order chi connectivity index (χ1) is 8.16. The summed E-state index contributed by atoms with van der Waals surface area (Å²) < 4.78 is 31.5.